The number of aliphatic hydroxyl groups is 1. The average Bonchev–Trinajstić information content (AvgIpc) is 3.69. The molecule has 0 unspecified atom stereocenters. The standard InChI is InChI=1S/C40H60N10O10/c1-5-21(2)35(32(55)16-26(37(42)58)14-28-19-45-20-47-28)50-39(60)27(13-24-8-10-29(53)11-9-24)17-31(54)30(18-34(41)57)49-38(59)25(7-6-12-46-40(43)44)15-33(56)36(22(3)51)48-23(4)52/h8-11,19-22,25-27,30,35-36,51,53H,5-7,12-18H2,1-4H3,(H2,41,57)(H2,42,58)(H,45,47)(H,48,52)(H,49,59)(H,50,60)(H4,43,44,46)/t21-,22+,25+,26+,27+,30-,35-,36-/m0/s1. The number of nitrogens with zero attached hydrogens (tertiary/aromatic N) is 2. The van der Waals surface area contributed by atoms with E-state index in [1.807, 2.05) is 6.92 Å². The molecule has 0 saturated carbocycles. The molecule has 0 aliphatic heterocycles. The highest BCUT2D eigenvalue weighted by Gasteiger charge is 2.36. The van der Waals surface area contributed by atoms with Gasteiger partial charge in [0, 0.05) is 62.9 Å². The first-order valence-corrected chi connectivity index (χ1v) is 19.7. The maximum absolute atomic E-state index is 14.2. The molecule has 60 heavy (non-hydrogen) atoms. The van der Waals surface area contributed by atoms with Crippen LogP contribution in [0.5, 0.6) is 5.75 Å². The van der Waals surface area contributed by atoms with Gasteiger partial charge >= 0.3 is 0 Å². The van der Waals surface area contributed by atoms with E-state index in [0.717, 1.165) is 6.92 Å². The summed E-state index contributed by atoms with van der Waals surface area (Å²) < 4.78 is 0. The lowest BCUT2D eigenvalue weighted by Gasteiger charge is -2.28. The predicted molar refractivity (Wildman–Crippen MR) is 219 cm³/mol. The molecule has 0 radical (unpaired) electrons. The van der Waals surface area contributed by atoms with Crippen LogP contribution in [0.2, 0.25) is 0 Å². The quantitative estimate of drug-likeness (QED) is 0.0278. The van der Waals surface area contributed by atoms with Crippen molar-refractivity contribution >= 4 is 52.8 Å². The number of phenolic OH excluding ortho intramolecular Hbond substituents is 1. The van der Waals surface area contributed by atoms with E-state index in [9.17, 15) is 48.6 Å². The minimum Gasteiger partial charge on any atom is -0.508 e. The molecule has 2 aromatic rings. The van der Waals surface area contributed by atoms with Crippen molar-refractivity contribution in [2.24, 2.45) is 51.6 Å². The number of aromatic nitrogens is 2. The van der Waals surface area contributed by atoms with E-state index in [-0.39, 0.29) is 50.4 Å². The number of aromatic hydroxyl groups is 1. The number of guanidine groups is 1. The van der Waals surface area contributed by atoms with Crippen LogP contribution < -0.4 is 38.9 Å². The zero-order valence-corrected chi connectivity index (χ0v) is 34.5. The van der Waals surface area contributed by atoms with E-state index >= 15 is 0 Å². The van der Waals surface area contributed by atoms with E-state index in [4.69, 9.17) is 22.9 Å². The Bertz CT molecular complexity index is 1810. The summed E-state index contributed by atoms with van der Waals surface area (Å²) in [7, 11) is 0. The number of carbonyl (C=O) groups excluding carboxylic acids is 8. The second kappa shape index (κ2) is 24.7. The first-order chi connectivity index (χ1) is 28.2. The van der Waals surface area contributed by atoms with Crippen molar-refractivity contribution in [1.29, 1.82) is 0 Å². The molecule has 14 N–H and O–H groups in total. The van der Waals surface area contributed by atoms with Crippen LogP contribution in [-0.4, -0.2) is 104 Å². The molecular formula is C40H60N10O10. The Morgan fingerprint density at radius 2 is 1.38 bits per heavy atom. The molecule has 2 rings (SSSR count). The number of hydrogen-bond acceptors (Lipinski definition) is 12. The third kappa shape index (κ3) is 17.4. The van der Waals surface area contributed by atoms with E-state index in [2.05, 4.69) is 30.9 Å². The first-order valence-electron chi connectivity index (χ1n) is 19.7. The Balaban J connectivity index is 2.44. The van der Waals surface area contributed by atoms with Gasteiger partial charge in [-0.2, -0.15) is 0 Å². The number of phenols is 1. The minimum atomic E-state index is -1.56. The number of nitrogens with one attached hydrogen (secondary N) is 4. The second-order valence-corrected chi connectivity index (χ2v) is 15.1. The van der Waals surface area contributed by atoms with Crippen LogP contribution in [0.1, 0.15) is 83.9 Å². The van der Waals surface area contributed by atoms with Crippen molar-refractivity contribution in [3.05, 3.63) is 48.0 Å². The molecule has 20 nitrogen and oxygen atoms in total. The average molecular weight is 841 g/mol. The van der Waals surface area contributed by atoms with Crippen molar-refractivity contribution in [1.82, 2.24) is 25.9 Å². The summed E-state index contributed by atoms with van der Waals surface area (Å²) in [4.78, 5) is 116. The number of benzene rings is 1. The molecule has 1 aromatic heterocycles. The van der Waals surface area contributed by atoms with Crippen LogP contribution in [0.25, 0.3) is 0 Å². The number of primary amides is 2. The Kier molecular flexibility index (Phi) is 20.5. The number of rotatable bonds is 28. The number of aliphatic imine (C=N–C) groups is 1. The highest BCUT2D eigenvalue weighted by atomic mass is 16.3. The summed E-state index contributed by atoms with van der Waals surface area (Å²) in [5, 5.41) is 27.7. The number of H-pyrrole nitrogens is 1. The topological polar surface area (TPSA) is 358 Å². The largest absolute Gasteiger partial charge is 0.508 e. The normalized spacial score (nSPS) is 15.1. The van der Waals surface area contributed by atoms with Crippen LogP contribution >= 0.6 is 0 Å². The van der Waals surface area contributed by atoms with Crippen molar-refractivity contribution in [3.8, 4) is 5.75 Å². The van der Waals surface area contributed by atoms with Gasteiger partial charge in [-0.3, -0.25) is 43.3 Å². The molecule has 1 aromatic carbocycles. The monoisotopic (exact) mass is 840 g/mol. The van der Waals surface area contributed by atoms with Gasteiger partial charge in [-0.25, -0.2) is 4.98 Å². The fourth-order valence-corrected chi connectivity index (χ4v) is 6.58. The van der Waals surface area contributed by atoms with Gasteiger partial charge in [0.05, 0.1) is 36.9 Å². The molecule has 0 aliphatic rings. The van der Waals surface area contributed by atoms with E-state index < -0.39 is 114 Å². The predicted octanol–water partition coefficient (Wildman–Crippen LogP) is -1.06. The molecule has 0 spiro atoms. The SMILES string of the molecule is CC[C@H](C)[C@H](NC(=O)[C@@H](CC(=O)[C@H](CC(N)=O)NC(=O)[C@H](CCCN=C(N)N)CC(=O)[C@@H](NC(C)=O)[C@@H](C)O)Cc1ccc(O)cc1)C(=O)C[C@@H](Cc1cnc[nH]1)C(N)=O. The van der Waals surface area contributed by atoms with Gasteiger partial charge < -0.3 is 54.1 Å². The van der Waals surface area contributed by atoms with Crippen LogP contribution in [0, 0.1) is 23.7 Å². The van der Waals surface area contributed by atoms with Gasteiger partial charge in [0.25, 0.3) is 0 Å². The molecule has 0 saturated heterocycles. The number of ketones is 3. The van der Waals surface area contributed by atoms with E-state index in [0.29, 0.717) is 17.7 Å². The fourth-order valence-electron chi connectivity index (χ4n) is 6.58. The van der Waals surface area contributed by atoms with Crippen LogP contribution in [0.15, 0.2) is 41.8 Å². The Hall–Kier alpha value is -6.18. The van der Waals surface area contributed by atoms with Crippen molar-refractivity contribution in [3.63, 3.8) is 0 Å². The number of carbonyl (C=O) groups is 8. The second-order valence-electron chi connectivity index (χ2n) is 15.1. The maximum atomic E-state index is 14.2. The first kappa shape index (κ1) is 50.0. The molecule has 330 valence electrons. The zero-order chi connectivity index (χ0) is 45.1. The molecular weight excluding hydrogens is 780 g/mol. The van der Waals surface area contributed by atoms with Gasteiger partial charge in [-0.15, -0.1) is 0 Å². The summed E-state index contributed by atoms with van der Waals surface area (Å²) >= 11 is 0. The lowest BCUT2D eigenvalue weighted by atomic mass is 9.86. The van der Waals surface area contributed by atoms with Gasteiger partial charge in [0.15, 0.2) is 23.3 Å². The fraction of sp³-hybridized carbons (Fsp3) is 0.550. The highest BCUT2D eigenvalue weighted by molar-refractivity contribution is 5.98. The van der Waals surface area contributed by atoms with Crippen molar-refractivity contribution in [2.75, 3.05) is 6.54 Å². The number of hydrogen-bond donors (Lipinski definition) is 10. The number of amides is 5. The Labute approximate surface area is 348 Å². The molecule has 8 atom stereocenters. The molecule has 0 fully saturated rings. The summed E-state index contributed by atoms with van der Waals surface area (Å²) in [5.41, 5.74) is 23.1. The van der Waals surface area contributed by atoms with E-state index in [1.165, 1.54) is 31.6 Å². The molecule has 0 aliphatic carbocycles. The van der Waals surface area contributed by atoms with E-state index in [1.54, 1.807) is 19.1 Å². The molecule has 1 heterocycles. The van der Waals surface area contributed by atoms with Gasteiger partial charge in [0.2, 0.25) is 29.5 Å². The lowest BCUT2D eigenvalue weighted by molar-refractivity contribution is -0.137. The smallest absolute Gasteiger partial charge is 0.224 e. The summed E-state index contributed by atoms with van der Waals surface area (Å²) in [6.45, 7) is 6.09. The molecule has 5 amide bonds. The number of aromatic amines is 1. The van der Waals surface area contributed by atoms with Crippen LogP contribution in [0.3, 0.4) is 0 Å². The molecule has 0 bridgehead atoms. The number of aliphatic hydroxyl groups excluding tert-OH is 1. The Morgan fingerprint density at radius 3 is 1.92 bits per heavy atom. The van der Waals surface area contributed by atoms with Gasteiger partial charge in [-0.1, -0.05) is 32.4 Å². The van der Waals surface area contributed by atoms with Gasteiger partial charge in [0.1, 0.15) is 11.8 Å². The lowest BCUT2D eigenvalue weighted by Crippen LogP contribution is -2.51. The minimum absolute atomic E-state index is 0.00779. The highest BCUT2D eigenvalue weighted by Crippen LogP contribution is 2.22. The van der Waals surface area contributed by atoms with Gasteiger partial charge in [-0.05, 0) is 49.8 Å². The summed E-state index contributed by atoms with van der Waals surface area (Å²) in [6, 6.07) is 1.86. The number of nitrogens with two attached hydrogens (primary N) is 4. The number of imidazole rings is 1. The Morgan fingerprint density at radius 1 is 0.783 bits per heavy atom. The summed E-state index contributed by atoms with van der Waals surface area (Å²) in [6.07, 6.45) is 0.285. The third-order valence-corrected chi connectivity index (χ3v) is 10.1. The summed E-state index contributed by atoms with van der Waals surface area (Å²) in [5.74, 6) is -9.67. The number of Topliss-reactive ketones (excluding diaryl/α,β-unsaturated/α-hetero) is 3. The van der Waals surface area contributed by atoms with Crippen LogP contribution in [0.4, 0.5) is 0 Å². The zero-order valence-electron chi connectivity index (χ0n) is 34.5. The van der Waals surface area contributed by atoms with Crippen LogP contribution in [-0.2, 0) is 51.2 Å². The van der Waals surface area contributed by atoms with Crippen molar-refractivity contribution in [2.45, 2.75) is 110 Å². The molecule has 20 heteroatoms. The van der Waals surface area contributed by atoms with Crippen molar-refractivity contribution < 1.29 is 48.6 Å². The maximum Gasteiger partial charge on any atom is 0.224 e. The third-order valence-electron chi connectivity index (χ3n) is 10.1.